The van der Waals surface area contributed by atoms with Gasteiger partial charge in [0.1, 0.15) is 17.2 Å². The van der Waals surface area contributed by atoms with Crippen LogP contribution in [0.2, 0.25) is 0 Å². The highest BCUT2D eigenvalue weighted by atomic mass is 32.1. The summed E-state index contributed by atoms with van der Waals surface area (Å²) in [5.41, 5.74) is 1.98. The average molecular weight is 371 g/mol. The molecule has 1 amide bonds. The minimum absolute atomic E-state index is 0.102. The number of fused-ring (bicyclic) bond motifs is 3. The number of hydrogen-bond acceptors (Lipinski definition) is 5. The Balaban J connectivity index is 1.42. The third kappa shape index (κ3) is 3.46. The maximum Gasteiger partial charge on any atom is 0.348 e. The standard InChI is InChI=1S/C20H21NO4S/c22-18(21-9-5-1-2-6-10-21)13-25-20(23)17-11-14-12-24-16-8-4-3-7-15(16)19(14)26-17/h3-4,7-8,11H,1-2,5-6,9-10,12-13H2. The average Bonchev–Trinajstić information content (AvgIpc) is 2.93. The van der Waals surface area contributed by atoms with Crippen LogP contribution in [0, 0.1) is 0 Å². The number of carbonyl (C=O) groups excluding carboxylic acids is 2. The molecule has 5 nitrogen and oxygen atoms in total. The number of ether oxygens (including phenoxy) is 2. The van der Waals surface area contributed by atoms with Gasteiger partial charge in [0.05, 0.1) is 0 Å². The van der Waals surface area contributed by atoms with Crippen molar-refractivity contribution in [1.82, 2.24) is 4.90 Å². The molecule has 3 heterocycles. The highest BCUT2D eigenvalue weighted by molar-refractivity contribution is 7.17. The predicted octanol–water partition coefficient (Wildman–Crippen LogP) is 3.87. The van der Waals surface area contributed by atoms with E-state index in [2.05, 4.69) is 0 Å². The monoisotopic (exact) mass is 371 g/mol. The van der Waals surface area contributed by atoms with Gasteiger partial charge in [0.2, 0.25) is 0 Å². The van der Waals surface area contributed by atoms with E-state index in [1.54, 1.807) is 0 Å². The summed E-state index contributed by atoms with van der Waals surface area (Å²) in [6, 6.07) is 9.61. The number of amides is 1. The van der Waals surface area contributed by atoms with Gasteiger partial charge < -0.3 is 14.4 Å². The Bertz CT molecular complexity index is 821. The van der Waals surface area contributed by atoms with Crippen LogP contribution in [0.25, 0.3) is 10.4 Å². The number of carbonyl (C=O) groups is 2. The lowest BCUT2D eigenvalue weighted by atomic mass is 10.1. The molecule has 26 heavy (non-hydrogen) atoms. The summed E-state index contributed by atoms with van der Waals surface area (Å²) in [4.78, 5) is 28.0. The highest BCUT2D eigenvalue weighted by Gasteiger charge is 2.24. The highest BCUT2D eigenvalue weighted by Crippen LogP contribution is 2.42. The molecule has 2 aliphatic rings. The van der Waals surface area contributed by atoms with E-state index >= 15 is 0 Å². The SMILES string of the molecule is O=C(OCC(=O)N1CCCCCC1)c1cc2c(s1)-c1ccccc1OC2. The van der Waals surface area contributed by atoms with Gasteiger partial charge in [-0.1, -0.05) is 25.0 Å². The van der Waals surface area contributed by atoms with Crippen molar-refractivity contribution in [1.29, 1.82) is 0 Å². The van der Waals surface area contributed by atoms with Crippen LogP contribution in [0.3, 0.4) is 0 Å². The smallest absolute Gasteiger partial charge is 0.348 e. The predicted molar refractivity (Wildman–Crippen MR) is 99.4 cm³/mol. The molecule has 1 aromatic carbocycles. The van der Waals surface area contributed by atoms with Gasteiger partial charge in [-0.25, -0.2) is 4.79 Å². The van der Waals surface area contributed by atoms with Crippen LogP contribution in [0.5, 0.6) is 5.75 Å². The fourth-order valence-electron chi connectivity index (χ4n) is 3.41. The first-order chi connectivity index (χ1) is 12.7. The first-order valence-electron chi connectivity index (χ1n) is 9.02. The van der Waals surface area contributed by atoms with Crippen molar-refractivity contribution in [2.75, 3.05) is 19.7 Å². The molecule has 6 heteroatoms. The van der Waals surface area contributed by atoms with E-state index in [1.807, 2.05) is 35.2 Å². The maximum atomic E-state index is 12.4. The molecular weight excluding hydrogens is 350 g/mol. The molecule has 4 rings (SSSR count). The first-order valence-corrected chi connectivity index (χ1v) is 9.84. The molecule has 1 saturated heterocycles. The molecule has 0 spiro atoms. The summed E-state index contributed by atoms with van der Waals surface area (Å²) in [6.07, 6.45) is 4.37. The van der Waals surface area contributed by atoms with Crippen LogP contribution in [-0.4, -0.2) is 36.5 Å². The van der Waals surface area contributed by atoms with E-state index in [4.69, 9.17) is 9.47 Å². The summed E-state index contributed by atoms with van der Waals surface area (Å²) in [5.74, 6) is 0.290. The van der Waals surface area contributed by atoms with Crippen molar-refractivity contribution < 1.29 is 19.1 Å². The van der Waals surface area contributed by atoms with Gasteiger partial charge in [-0.05, 0) is 31.0 Å². The summed E-state index contributed by atoms with van der Waals surface area (Å²) in [5, 5.41) is 0. The molecular formula is C20H21NO4S. The Kier molecular flexibility index (Phi) is 4.93. The van der Waals surface area contributed by atoms with Crippen molar-refractivity contribution in [3.05, 3.63) is 40.8 Å². The summed E-state index contributed by atoms with van der Waals surface area (Å²) in [7, 11) is 0. The van der Waals surface area contributed by atoms with Gasteiger partial charge in [0.25, 0.3) is 5.91 Å². The van der Waals surface area contributed by atoms with Crippen LogP contribution in [-0.2, 0) is 16.1 Å². The van der Waals surface area contributed by atoms with Gasteiger partial charge in [-0.2, -0.15) is 0 Å². The number of benzene rings is 1. The third-order valence-electron chi connectivity index (χ3n) is 4.81. The normalized spacial score (nSPS) is 16.1. The largest absolute Gasteiger partial charge is 0.488 e. The lowest BCUT2D eigenvalue weighted by Gasteiger charge is -2.19. The zero-order valence-corrected chi connectivity index (χ0v) is 15.3. The number of nitrogens with zero attached hydrogens (tertiary/aromatic N) is 1. The van der Waals surface area contributed by atoms with Crippen molar-refractivity contribution in [2.24, 2.45) is 0 Å². The summed E-state index contributed by atoms with van der Waals surface area (Å²) >= 11 is 1.40. The molecule has 0 radical (unpaired) electrons. The molecule has 0 N–H and O–H groups in total. The molecule has 0 aliphatic carbocycles. The van der Waals surface area contributed by atoms with Gasteiger partial charge in [0, 0.05) is 29.1 Å². The summed E-state index contributed by atoms with van der Waals surface area (Å²) in [6.45, 7) is 1.78. The van der Waals surface area contributed by atoms with Crippen LogP contribution in [0.4, 0.5) is 0 Å². The zero-order chi connectivity index (χ0) is 17.9. The zero-order valence-electron chi connectivity index (χ0n) is 14.5. The van der Waals surface area contributed by atoms with Crippen LogP contribution in [0.15, 0.2) is 30.3 Å². The van der Waals surface area contributed by atoms with Gasteiger partial charge in [-0.3, -0.25) is 4.79 Å². The van der Waals surface area contributed by atoms with E-state index in [1.165, 1.54) is 11.3 Å². The minimum atomic E-state index is -0.440. The molecule has 0 bridgehead atoms. The second kappa shape index (κ2) is 7.50. The lowest BCUT2D eigenvalue weighted by molar-refractivity contribution is -0.134. The minimum Gasteiger partial charge on any atom is -0.488 e. The van der Waals surface area contributed by atoms with Crippen molar-refractivity contribution >= 4 is 23.2 Å². The number of esters is 1. The Morgan fingerprint density at radius 2 is 1.88 bits per heavy atom. The molecule has 2 aromatic rings. The lowest BCUT2D eigenvalue weighted by Crippen LogP contribution is -2.35. The molecule has 0 unspecified atom stereocenters. The molecule has 0 atom stereocenters. The number of para-hydroxylation sites is 1. The Labute approximate surface area is 156 Å². The van der Waals surface area contributed by atoms with Gasteiger partial charge in [0.15, 0.2) is 6.61 Å². The van der Waals surface area contributed by atoms with E-state index in [-0.39, 0.29) is 12.5 Å². The second-order valence-electron chi connectivity index (χ2n) is 6.62. The molecule has 2 aliphatic heterocycles. The number of hydrogen-bond donors (Lipinski definition) is 0. The molecule has 1 aromatic heterocycles. The van der Waals surface area contributed by atoms with Crippen LogP contribution in [0.1, 0.15) is 40.9 Å². The fourth-order valence-corrected chi connectivity index (χ4v) is 4.50. The number of rotatable bonds is 3. The summed E-state index contributed by atoms with van der Waals surface area (Å²) < 4.78 is 11.0. The van der Waals surface area contributed by atoms with E-state index < -0.39 is 5.97 Å². The quantitative estimate of drug-likeness (QED) is 0.769. The van der Waals surface area contributed by atoms with E-state index in [9.17, 15) is 9.59 Å². The first kappa shape index (κ1) is 17.1. The van der Waals surface area contributed by atoms with E-state index in [0.717, 1.165) is 60.5 Å². The molecule has 136 valence electrons. The molecule has 0 saturated carbocycles. The second-order valence-corrected chi connectivity index (χ2v) is 7.67. The fraction of sp³-hybridized carbons (Fsp3) is 0.400. The number of likely N-dealkylation sites (tertiary alicyclic amines) is 1. The Morgan fingerprint density at radius 3 is 2.69 bits per heavy atom. The van der Waals surface area contributed by atoms with Gasteiger partial charge in [-0.15, -0.1) is 11.3 Å². The Hall–Kier alpha value is -2.34. The Morgan fingerprint density at radius 1 is 1.12 bits per heavy atom. The van der Waals surface area contributed by atoms with Crippen molar-refractivity contribution in [3.63, 3.8) is 0 Å². The number of thiophene rings is 1. The van der Waals surface area contributed by atoms with Crippen molar-refractivity contribution in [2.45, 2.75) is 32.3 Å². The van der Waals surface area contributed by atoms with Gasteiger partial charge >= 0.3 is 5.97 Å². The third-order valence-corrected chi connectivity index (χ3v) is 6.00. The van der Waals surface area contributed by atoms with E-state index in [0.29, 0.717) is 11.5 Å². The maximum absolute atomic E-state index is 12.4. The van der Waals surface area contributed by atoms with Crippen molar-refractivity contribution in [3.8, 4) is 16.2 Å². The molecule has 1 fully saturated rings. The van der Waals surface area contributed by atoms with Crippen LogP contribution < -0.4 is 4.74 Å². The van der Waals surface area contributed by atoms with Crippen LogP contribution >= 0.6 is 11.3 Å². The topological polar surface area (TPSA) is 55.8 Å².